The van der Waals surface area contributed by atoms with Crippen molar-refractivity contribution in [2.24, 2.45) is 0 Å². The number of hydrogen-bond donors (Lipinski definition) is 0. The molecule has 0 aliphatic rings. The monoisotopic (exact) mass is 278 g/mol. The van der Waals surface area contributed by atoms with Crippen molar-refractivity contribution in [1.29, 1.82) is 5.26 Å². The van der Waals surface area contributed by atoms with E-state index in [-0.39, 0.29) is 22.6 Å². The van der Waals surface area contributed by atoms with E-state index in [0.717, 1.165) is 6.07 Å². The van der Waals surface area contributed by atoms with Crippen molar-refractivity contribution in [3.05, 3.63) is 47.7 Å². The molecule has 1 aromatic carbocycles. The molecule has 0 atom stereocenters. The van der Waals surface area contributed by atoms with Crippen molar-refractivity contribution >= 4 is 0 Å². The highest BCUT2D eigenvalue weighted by molar-refractivity contribution is 5.73. The third-order valence-electron chi connectivity index (χ3n) is 2.71. The number of hydrogen-bond acceptors (Lipinski definition) is 3. The van der Waals surface area contributed by atoms with Gasteiger partial charge in [-0.25, -0.2) is 4.98 Å². The molecule has 0 unspecified atom stereocenters. The lowest BCUT2D eigenvalue weighted by atomic mass is 9.98. The Morgan fingerprint density at radius 2 is 1.95 bits per heavy atom. The van der Waals surface area contributed by atoms with E-state index < -0.39 is 11.7 Å². The van der Waals surface area contributed by atoms with Crippen LogP contribution in [0.1, 0.15) is 11.1 Å². The number of rotatable bonds is 2. The number of ether oxygens (including phenoxy) is 1. The first-order chi connectivity index (χ1) is 9.47. The van der Waals surface area contributed by atoms with Gasteiger partial charge in [0, 0.05) is 11.8 Å². The van der Waals surface area contributed by atoms with Crippen LogP contribution in [0, 0.1) is 11.3 Å². The molecule has 2 rings (SSSR count). The standard InChI is InChI=1S/C14H9F3N2O/c1-20-13-11(3-2-6-19-13)10-5-4-9(8-18)7-12(10)14(15,16)17/h2-7H,1H3. The van der Waals surface area contributed by atoms with Gasteiger partial charge in [0.15, 0.2) is 0 Å². The minimum atomic E-state index is -4.57. The predicted molar refractivity (Wildman–Crippen MR) is 65.9 cm³/mol. The second-order valence-corrected chi connectivity index (χ2v) is 3.93. The number of methoxy groups -OCH3 is 1. The van der Waals surface area contributed by atoms with Crippen molar-refractivity contribution in [1.82, 2.24) is 4.98 Å². The van der Waals surface area contributed by atoms with Gasteiger partial charge in [-0.1, -0.05) is 6.07 Å². The van der Waals surface area contributed by atoms with Crippen LogP contribution in [0.15, 0.2) is 36.5 Å². The summed E-state index contributed by atoms with van der Waals surface area (Å²) in [5, 5.41) is 8.74. The van der Waals surface area contributed by atoms with Crippen LogP contribution in [0.2, 0.25) is 0 Å². The van der Waals surface area contributed by atoms with E-state index in [1.165, 1.54) is 37.6 Å². The van der Waals surface area contributed by atoms with Gasteiger partial charge in [-0.05, 0) is 29.8 Å². The Kier molecular flexibility index (Phi) is 3.61. The Morgan fingerprint density at radius 3 is 2.55 bits per heavy atom. The molecule has 1 aromatic heterocycles. The van der Waals surface area contributed by atoms with Crippen LogP contribution >= 0.6 is 0 Å². The molecular weight excluding hydrogens is 269 g/mol. The van der Waals surface area contributed by atoms with Crippen molar-refractivity contribution in [3.8, 4) is 23.1 Å². The number of nitrogens with zero attached hydrogens (tertiary/aromatic N) is 2. The first-order valence-corrected chi connectivity index (χ1v) is 5.58. The number of halogens is 3. The number of alkyl halides is 3. The first kappa shape index (κ1) is 13.9. The lowest BCUT2D eigenvalue weighted by molar-refractivity contribution is -0.137. The summed E-state index contributed by atoms with van der Waals surface area (Å²) in [6, 6.07) is 8.11. The molecule has 0 amide bonds. The summed E-state index contributed by atoms with van der Waals surface area (Å²) in [6.07, 6.45) is -3.14. The predicted octanol–water partition coefficient (Wildman–Crippen LogP) is 3.65. The molecule has 0 saturated heterocycles. The molecule has 2 aromatic rings. The van der Waals surface area contributed by atoms with Crippen LogP contribution in [0.3, 0.4) is 0 Å². The average molecular weight is 278 g/mol. The van der Waals surface area contributed by atoms with Gasteiger partial charge < -0.3 is 4.74 Å². The summed E-state index contributed by atoms with van der Waals surface area (Å²) in [6.45, 7) is 0. The molecule has 0 N–H and O–H groups in total. The zero-order valence-electron chi connectivity index (χ0n) is 10.4. The fourth-order valence-corrected chi connectivity index (χ4v) is 1.84. The topological polar surface area (TPSA) is 45.9 Å². The van der Waals surface area contributed by atoms with Crippen molar-refractivity contribution < 1.29 is 17.9 Å². The molecule has 0 aliphatic carbocycles. The highest BCUT2D eigenvalue weighted by Gasteiger charge is 2.34. The molecule has 6 heteroatoms. The molecule has 0 saturated carbocycles. The summed E-state index contributed by atoms with van der Waals surface area (Å²) < 4.78 is 44.3. The minimum Gasteiger partial charge on any atom is -0.481 e. The molecule has 1 heterocycles. The molecular formula is C14H9F3N2O. The van der Waals surface area contributed by atoms with Crippen LogP contribution < -0.4 is 4.74 Å². The molecule has 0 radical (unpaired) electrons. The fourth-order valence-electron chi connectivity index (χ4n) is 1.84. The van der Waals surface area contributed by atoms with E-state index in [9.17, 15) is 13.2 Å². The Balaban J connectivity index is 2.71. The highest BCUT2D eigenvalue weighted by Crippen LogP contribution is 2.39. The third-order valence-corrected chi connectivity index (χ3v) is 2.71. The largest absolute Gasteiger partial charge is 0.481 e. The summed E-state index contributed by atoms with van der Waals surface area (Å²) in [5.41, 5.74) is -0.778. The molecule has 0 fully saturated rings. The van der Waals surface area contributed by atoms with Gasteiger partial charge in [0.2, 0.25) is 5.88 Å². The molecule has 0 bridgehead atoms. The zero-order valence-corrected chi connectivity index (χ0v) is 10.4. The van der Waals surface area contributed by atoms with Crippen molar-refractivity contribution in [3.63, 3.8) is 0 Å². The van der Waals surface area contributed by atoms with Gasteiger partial charge in [0.1, 0.15) is 0 Å². The molecule has 0 aliphatic heterocycles. The summed E-state index contributed by atoms with van der Waals surface area (Å²) in [7, 11) is 1.34. The number of aromatic nitrogens is 1. The second kappa shape index (κ2) is 5.21. The van der Waals surface area contributed by atoms with Crippen LogP contribution in [0.5, 0.6) is 5.88 Å². The van der Waals surface area contributed by atoms with E-state index in [1.807, 2.05) is 0 Å². The van der Waals surface area contributed by atoms with Crippen molar-refractivity contribution in [2.75, 3.05) is 7.11 Å². The fraction of sp³-hybridized carbons (Fsp3) is 0.143. The Morgan fingerprint density at radius 1 is 1.20 bits per heavy atom. The van der Waals surface area contributed by atoms with E-state index in [0.29, 0.717) is 0 Å². The lowest BCUT2D eigenvalue weighted by Gasteiger charge is -2.14. The van der Waals surface area contributed by atoms with E-state index in [4.69, 9.17) is 10.00 Å². The number of benzene rings is 1. The molecule has 3 nitrogen and oxygen atoms in total. The maximum Gasteiger partial charge on any atom is 0.417 e. The summed E-state index contributed by atoms with van der Waals surface area (Å²) in [4.78, 5) is 3.88. The van der Waals surface area contributed by atoms with Gasteiger partial charge >= 0.3 is 6.18 Å². The van der Waals surface area contributed by atoms with Gasteiger partial charge in [-0.2, -0.15) is 18.4 Å². The minimum absolute atomic E-state index is 0.0519. The van der Waals surface area contributed by atoms with E-state index in [1.54, 1.807) is 6.07 Å². The summed E-state index contributed by atoms with van der Waals surface area (Å²) >= 11 is 0. The Hall–Kier alpha value is -2.55. The van der Waals surface area contributed by atoms with E-state index in [2.05, 4.69) is 4.98 Å². The van der Waals surface area contributed by atoms with Gasteiger partial charge in [-0.3, -0.25) is 0 Å². The number of nitriles is 1. The van der Waals surface area contributed by atoms with Gasteiger partial charge in [0.05, 0.1) is 24.3 Å². The van der Waals surface area contributed by atoms with Gasteiger partial charge in [-0.15, -0.1) is 0 Å². The van der Waals surface area contributed by atoms with Crippen LogP contribution in [-0.4, -0.2) is 12.1 Å². The maximum atomic E-state index is 13.1. The molecule has 102 valence electrons. The smallest absolute Gasteiger partial charge is 0.417 e. The quantitative estimate of drug-likeness (QED) is 0.842. The zero-order chi connectivity index (χ0) is 14.8. The lowest BCUT2D eigenvalue weighted by Crippen LogP contribution is -2.08. The Bertz CT molecular complexity index is 675. The van der Waals surface area contributed by atoms with E-state index >= 15 is 0 Å². The Labute approximate surface area is 113 Å². The van der Waals surface area contributed by atoms with Gasteiger partial charge in [0.25, 0.3) is 0 Å². The summed E-state index contributed by atoms with van der Waals surface area (Å²) in [5.74, 6) is 0.0997. The third kappa shape index (κ3) is 2.57. The average Bonchev–Trinajstić information content (AvgIpc) is 2.45. The van der Waals surface area contributed by atoms with Crippen LogP contribution in [0.4, 0.5) is 13.2 Å². The molecule has 0 spiro atoms. The second-order valence-electron chi connectivity index (χ2n) is 3.93. The first-order valence-electron chi connectivity index (χ1n) is 5.58. The normalized spacial score (nSPS) is 10.9. The van der Waals surface area contributed by atoms with Crippen LogP contribution in [-0.2, 0) is 6.18 Å². The highest BCUT2D eigenvalue weighted by atomic mass is 19.4. The van der Waals surface area contributed by atoms with Crippen molar-refractivity contribution in [2.45, 2.75) is 6.18 Å². The maximum absolute atomic E-state index is 13.1. The SMILES string of the molecule is COc1ncccc1-c1ccc(C#N)cc1C(F)(F)F. The molecule has 20 heavy (non-hydrogen) atoms. The van der Waals surface area contributed by atoms with Crippen LogP contribution in [0.25, 0.3) is 11.1 Å². The number of pyridine rings is 1.